The average molecular weight is 303 g/mol. The maximum absolute atomic E-state index is 11.9. The number of ether oxygens (including phenoxy) is 2. The van der Waals surface area contributed by atoms with Gasteiger partial charge in [0, 0.05) is 5.54 Å². The van der Waals surface area contributed by atoms with Crippen molar-refractivity contribution in [2.45, 2.75) is 53.5 Å². The highest BCUT2D eigenvalue weighted by atomic mass is 16.7. The van der Waals surface area contributed by atoms with Crippen molar-refractivity contribution in [3.05, 3.63) is 0 Å². The molecule has 1 amide bonds. The number of carbonyl (C=O) groups excluding carboxylic acids is 2. The molecular weight excluding hydrogens is 278 g/mol. The quantitative estimate of drug-likeness (QED) is 0.597. The predicted molar refractivity (Wildman–Crippen MR) is 75.6 cm³/mol. The number of nitrogens with zero attached hydrogens (tertiary/aromatic N) is 1. The smallest absolute Gasteiger partial charge is 0.413 e. The van der Waals surface area contributed by atoms with Gasteiger partial charge in [0.05, 0.1) is 5.41 Å². The minimum absolute atomic E-state index is 0.474. The van der Waals surface area contributed by atoms with E-state index in [1.54, 1.807) is 34.6 Å². The van der Waals surface area contributed by atoms with Crippen LogP contribution in [-0.4, -0.2) is 46.9 Å². The van der Waals surface area contributed by atoms with E-state index in [4.69, 9.17) is 14.6 Å². The molecular formula is C14H25NO6. The molecule has 0 unspecified atom stereocenters. The second-order valence-corrected chi connectivity index (χ2v) is 6.35. The van der Waals surface area contributed by atoms with E-state index in [-0.39, 0.29) is 0 Å². The Balaban J connectivity index is 4.53. The molecule has 7 heteroatoms. The van der Waals surface area contributed by atoms with Gasteiger partial charge in [0.25, 0.3) is 0 Å². The van der Waals surface area contributed by atoms with E-state index in [0.717, 1.165) is 4.90 Å². The van der Waals surface area contributed by atoms with Gasteiger partial charge in [-0.1, -0.05) is 6.92 Å². The summed E-state index contributed by atoms with van der Waals surface area (Å²) in [5.74, 6) is -1.62. The normalized spacial score (nSPS) is 11.7. The Bertz CT molecular complexity index is 397. The van der Waals surface area contributed by atoms with Crippen LogP contribution in [0.4, 0.5) is 4.79 Å². The van der Waals surface area contributed by atoms with E-state index in [1.807, 2.05) is 6.92 Å². The van der Waals surface area contributed by atoms with Crippen molar-refractivity contribution in [1.29, 1.82) is 0 Å². The molecule has 0 heterocycles. The van der Waals surface area contributed by atoms with Crippen LogP contribution in [0.25, 0.3) is 0 Å². The van der Waals surface area contributed by atoms with Gasteiger partial charge in [0.15, 0.2) is 0 Å². The minimum Gasteiger partial charge on any atom is -0.480 e. The van der Waals surface area contributed by atoms with Crippen LogP contribution in [0.15, 0.2) is 0 Å². The van der Waals surface area contributed by atoms with Gasteiger partial charge in [-0.25, -0.2) is 4.79 Å². The number of carboxylic acids is 1. The zero-order valence-corrected chi connectivity index (χ0v) is 13.6. The van der Waals surface area contributed by atoms with Gasteiger partial charge in [-0.2, -0.15) is 0 Å². The van der Waals surface area contributed by atoms with Crippen LogP contribution in [0.2, 0.25) is 0 Å². The average Bonchev–Trinajstić information content (AvgIpc) is 2.33. The largest absolute Gasteiger partial charge is 0.480 e. The topological polar surface area (TPSA) is 93.1 Å². The lowest BCUT2D eigenvalue weighted by Crippen LogP contribution is -2.48. The van der Waals surface area contributed by atoms with Gasteiger partial charge < -0.3 is 14.6 Å². The molecule has 0 aromatic carbocycles. The van der Waals surface area contributed by atoms with Crippen LogP contribution in [0.5, 0.6) is 0 Å². The van der Waals surface area contributed by atoms with Gasteiger partial charge in [-0.15, -0.1) is 0 Å². The highest BCUT2D eigenvalue weighted by Crippen LogP contribution is 2.21. The number of amides is 1. The Labute approximate surface area is 125 Å². The molecule has 0 aliphatic carbocycles. The molecule has 0 spiro atoms. The summed E-state index contributed by atoms with van der Waals surface area (Å²) >= 11 is 0. The third-order valence-electron chi connectivity index (χ3n) is 3.13. The molecule has 21 heavy (non-hydrogen) atoms. The summed E-state index contributed by atoms with van der Waals surface area (Å²) in [7, 11) is 0. The number of carbonyl (C=O) groups is 3. The van der Waals surface area contributed by atoms with E-state index < -0.39 is 42.3 Å². The first-order valence-electron chi connectivity index (χ1n) is 6.75. The molecule has 0 aromatic rings. The highest BCUT2D eigenvalue weighted by Gasteiger charge is 2.31. The monoisotopic (exact) mass is 303 g/mol. The molecule has 0 saturated carbocycles. The maximum Gasteiger partial charge on any atom is 0.413 e. The lowest BCUT2D eigenvalue weighted by molar-refractivity contribution is -0.163. The van der Waals surface area contributed by atoms with Crippen molar-refractivity contribution in [1.82, 2.24) is 4.90 Å². The molecule has 122 valence electrons. The summed E-state index contributed by atoms with van der Waals surface area (Å²) < 4.78 is 9.70. The number of aliphatic carboxylic acids is 1. The third-order valence-corrected chi connectivity index (χ3v) is 3.13. The first kappa shape index (κ1) is 19.2. The van der Waals surface area contributed by atoms with Crippen molar-refractivity contribution in [3.8, 4) is 0 Å². The van der Waals surface area contributed by atoms with Crippen molar-refractivity contribution >= 4 is 18.0 Å². The molecule has 7 nitrogen and oxygen atoms in total. The molecule has 0 fully saturated rings. The van der Waals surface area contributed by atoms with Crippen molar-refractivity contribution in [3.63, 3.8) is 0 Å². The van der Waals surface area contributed by atoms with Gasteiger partial charge >= 0.3 is 18.0 Å². The van der Waals surface area contributed by atoms with E-state index in [0.29, 0.717) is 6.42 Å². The Hall–Kier alpha value is -1.79. The standard InChI is InChI=1S/C14H25NO6/c1-7-14(5,6)11(18)20-9-21-12(19)15(8-10(16)17)13(2,3)4/h7-9H2,1-6H3,(H,16,17). The zero-order chi connectivity index (χ0) is 16.8. The summed E-state index contributed by atoms with van der Waals surface area (Å²) in [6.07, 6.45) is -0.251. The number of esters is 1. The molecule has 1 N–H and O–H groups in total. The molecule has 0 bridgehead atoms. The SMILES string of the molecule is CCC(C)(C)C(=O)OCOC(=O)N(CC(=O)O)C(C)(C)C. The fraction of sp³-hybridized carbons (Fsp3) is 0.786. The summed E-state index contributed by atoms with van der Waals surface area (Å²) in [6.45, 7) is 9.33. The lowest BCUT2D eigenvalue weighted by atomic mass is 9.91. The maximum atomic E-state index is 11.9. The van der Waals surface area contributed by atoms with Crippen molar-refractivity contribution in [2.75, 3.05) is 13.3 Å². The highest BCUT2D eigenvalue weighted by molar-refractivity contribution is 5.78. The fourth-order valence-electron chi connectivity index (χ4n) is 1.26. The van der Waals surface area contributed by atoms with Crippen molar-refractivity contribution < 1.29 is 29.0 Å². The van der Waals surface area contributed by atoms with Crippen molar-refractivity contribution in [2.24, 2.45) is 5.41 Å². The van der Waals surface area contributed by atoms with Crippen LogP contribution >= 0.6 is 0 Å². The molecule has 0 atom stereocenters. The van der Waals surface area contributed by atoms with Crippen LogP contribution in [0, 0.1) is 5.41 Å². The second kappa shape index (κ2) is 7.28. The fourth-order valence-corrected chi connectivity index (χ4v) is 1.26. The molecule has 0 saturated heterocycles. The summed E-state index contributed by atoms with van der Waals surface area (Å²) in [4.78, 5) is 35.4. The molecule has 0 radical (unpaired) electrons. The van der Waals surface area contributed by atoms with E-state index >= 15 is 0 Å². The van der Waals surface area contributed by atoms with Gasteiger partial charge in [-0.3, -0.25) is 14.5 Å². The minimum atomic E-state index is -1.15. The second-order valence-electron chi connectivity index (χ2n) is 6.35. The van der Waals surface area contributed by atoms with Crippen LogP contribution < -0.4 is 0 Å². The van der Waals surface area contributed by atoms with Gasteiger partial charge in [0.1, 0.15) is 6.54 Å². The van der Waals surface area contributed by atoms with Gasteiger partial charge in [-0.05, 0) is 41.0 Å². The summed E-state index contributed by atoms with van der Waals surface area (Å²) in [6, 6.07) is 0. The Morgan fingerprint density at radius 2 is 1.57 bits per heavy atom. The molecule has 0 rings (SSSR count). The van der Waals surface area contributed by atoms with Gasteiger partial charge in [0.2, 0.25) is 6.79 Å². The zero-order valence-electron chi connectivity index (χ0n) is 13.6. The molecule has 0 aromatic heterocycles. The lowest BCUT2D eigenvalue weighted by Gasteiger charge is -2.33. The molecule has 0 aliphatic rings. The van der Waals surface area contributed by atoms with Crippen LogP contribution in [-0.2, 0) is 19.1 Å². The number of carboxylic acid groups (broad SMARTS) is 1. The van der Waals surface area contributed by atoms with E-state index in [9.17, 15) is 14.4 Å². The van der Waals surface area contributed by atoms with Crippen LogP contribution in [0.3, 0.4) is 0 Å². The molecule has 0 aliphatic heterocycles. The Kier molecular flexibility index (Phi) is 6.66. The van der Waals surface area contributed by atoms with E-state index in [2.05, 4.69) is 0 Å². The Morgan fingerprint density at radius 1 is 1.05 bits per heavy atom. The number of hydrogen-bond donors (Lipinski definition) is 1. The third kappa shape index (κ3) is 6.46. The number of hydrogen-bond acceptors (Lipinski definition) is 5. The number of rotatable bonds is 6. The predicted octanol–water partition coefficient (Wildman–Crippen LogP) is 2.25. The van der Waals surface area contributed by atoms with Crippen LogP contribution in [0.1, 0.15) is 48.0 Å². The first-order valence-corrected chi connectivity index (χ1v) is 6.75. The summed E-state index contributed by atoms with van der Waals surface area (Å²) in [5, 5.41) is 8.81. The van der Waals surface area contributed by atoms with E-state index in [1.165, 1.54) is 0 Å². The first-order chi connectivity index (χ1) is 9.41. The Morgan fingerprint density at radius 3 is 1.95 bits per heavy atom. The summed E-state index contributed by atoms with van der Waals surface area (Å²) in [5.41, 5.74) is -1.38.